The molecule has 0 saturated heterocycles. The van der Waals surface area contributed by atoms with Gasteiger partial charge in [0.1, 0.15) is 0 Å². The SMILES string of the molecule is CCCCC(Cl)B(O)OC12CC(CCC1(C)O)C2(C)C. The van der Waals surface area contributed by atoms with E-state index in [0.717, 1.165) is 38.5 Å². The van der Waals surface area contributed by atoms with Crippen molar-refractivity contribution in [3.63, 3.8) is 0 Å². The maximum Gasteiger partial charge on any atom is 0.473 e. The van der Waals surface area contributed by atoms with Crippen LogP contribution in [0.25, 0.3) is 0 Å². The molecule has 20 heavy (non-hydrogen) atoms. The van der Waals surface area contributed by atoms with Crippen LogP contribution < -0.4 is 0 Å². The molecule has 2 N–H and O–H groups in total. The van der Waals surface area contributed by atoms with Crippen LogP contribution in [0.2, 0.25) is 0 Å². The van der Waals surface area contributed by atoms with Crippen molar-refractivity contribution in [1.82, 2.24) is 0 Å². The van der Waals surface area contributed by atoms with E-state index in [4.69, 9.17) is 16.3 Å². The highest BCUT2D eigenvalue weighted by molar-refractivity contribution is 6.58. The molecule has 0 radical (unpaired) electrons. The molecule has 3 saturated carbocycles. The van der Waals surface area contributed by atoms with Gasteiger partial charge in [-0.3, -0.25) is 0 Å². The third kappa shape index (κ3) is 2.33. The minimum absolute atomic E-state index is 0.114. The molecule has 3 nitrogen and oxygen atoms in total. The Labute approximate surface area is 128 Å². The number of fused-ring (bicyclic) bond motifs is 2. The molecule has 3 aliphatic carbocycles. The predicted octanol–water partition coefficient (Wildman–Crippen LogP) is 3.15. The minimum Gasteiger partial charge on any atom is -0.426 e. The molecule has 0 aromatic carbocycles. The molecule has 3 fully saturated rings. The lowest BCUT2D eigenvalue weighted by molar-refractivity contribution is -0.304. The van der Waals surface area contributed by atoms with E-state index in [2.05, 4.69) is 20.8 Å². The summed E-state index contributed by atoms with van der Waals surface area (Å²) in [6, 6.07) is 0. The molecular weight excluding hydrogens is 274 g/mol. The maximum atomic E-state index is 10.8. The summed E-state index contributed by atoms with van der Waals surface area (Å²) in [6.07, 6.45) is 5.34. The fourth-order valence-electron chi connectivity index (χ4n) is 4.25. The highest BCUT2D eigenvalue weighted by Crippen LogP contribution is 2.67. The van der Waals surface area contributed by atoms with Crippen molar-refractivity contribution >= 4 is 18.7 Å². The zero-order chi connectivity index (χ0) is 15.2. The van der Waals surface area contributed by atoms with Crippen LogP contribution in [0, 0.1) is 11.3 Å². The van der Waals surface area contributed by atoms with Crippen LogP contribution in [0.3, 0.4) is 0 Å². The van der Waals surface area contributed by atoms with Gasteiger partial charge >= 0.3 is 7.12 Å². The molecule has 0 spiro atoms. The lowest BCUT2D eigenvalue weighted by Crippen LogP contribution is -2.77. The highest BCUT2D eigenvalue weighted by atomic mass is 35.5. The lowest BCUT2D eigenvalue weighted by Gasteiger charge is -2.71. The Balaban J connectivity index is 2.09. The average Bonchev–Trinajstić information content (AvgIpc) is 2.37. The molecule has 0 aromatic heterocycles. The Morgan fingerprint density at radius 3 is 2.55 bits per heavy atom. The summed E-state index contributed by atoms with van der Waals surface area (Å²) in [5.74, 6) is 0.569. The predicted molar refractivity (Wildman–Crippen MR) is 82.7 cm³/mol. The third-order valence-corrected chi connectivity index (χ3v) is 6.34. The van der Waals surface area contributed by atoms with Gasteiger partial charge in [0.15, 0.2) is 0 Å². The van der Waals surface area contributed by atoms with E-state index in [0.29, 0.717) is 5.92 Å². The van der Waals surface area contributed by atoms with E-state index in [-0.39, 0.29) is 5.41 Å². The van der Waals surface area contributed by atoms with Crippen molar-refractivity contribution in [1.29, 1.82) is 0 Å². The van der Waals surface area contributed by atoms with E-state index in [1.165, 1.54) is 0 Å². The van der Waals surface area contributed by atoms with Gasteiger partial charge in [0, 0.05) is 0 Å². The maximum absolute atomic E-state index is 10.8. The van der Waals surface area contributed by atoms with E-state index >= 15 is 0 Å². The second-order valence-corrected chi connectivity index (χ2v) is 7.99. The summed E-state index contributed by atoms with van der Waals surface area (Å²) < 4.78 is 6.01. The molecule has 4 atom stereocenters. The van der Waals surface area contributed by atoms with Gasteiger partial charge in [-0.05, 0) is 43.9 Å². The molecule has 2 bridgehead atoms. The Morgan fingerprint density at radius 1 is 1.40 bits per heavy atom. The molecular formula is C15H28BClO3. The first kappa shape index (κ1) is 16.6. The fourth-order valence-corrected chi connectivity index (χ4v) is 4.45. The van der Waals surface area contributed by atoms with Crippen molar-refractivity contribution in [2.24, 2.45) is 11.3 Å². The summed E-state index contributed by atoms with van der Waals surface area (Å²) in [6.45, 7) is 8.21. The summed E-state index contributed by atoms with van der Waals surface area (Å²) >= 11 is 6.24. The largest absolute Gasteiger partial charge is 0.473 e. The Kier molecular flexibility index (Phi) is 4.53. The molecule has 116 valence electrons. The number of hydrogen-bond acceptors (Lipinski definition) is 3. The molecule has 0 aliphatic heterocycles. The van der Waals surface area contributed by atoms with Gasteiger partial charge in [-0.2, -0.15) is 0 Å². The molecule has 0 aromatic rings. The van der Waals surface area contributed by atoms with Gasteiger partial charge in [0.2, 0.25) is 0 Å². The van der Waals surface area contributed by atoms with Crippen LogP contribution in [-0.2, 0) is 4.65 Å². The normalized spacial score (nSPS) is 40.0. The summed E-state index contributed by atoms with van der Waals surface area (Å²) in [7, 11) is -1.01. The van der Waals surface area contributed by atoms with Crippen LogP contribution in [0.5, 0.6) is 0 Å². The van der Waals surface area contributed by atoms with E-state index in [9.17, 15) is 10.1 Å². The molecule has 3 rings (SSSR count). The zero-order valence-electron chi connectivity index (χ0n) is 13.2. The van der Waals surface area contributed by atoms with E-state index < -0.39 is 23.6 Å². The zero-order valence-corrected chi connectivity index (χ0v) is 13.9. The van der Waals surface area contributed by atoms with Gasteiger partial charge < -0.3 is 14.8 Å². The van der Waals surface area contributed by atoms with Crippen molar-refractivity contribution in [2.75, 3.05) is 0 Å². The van der Waals surface area contributed by atoms with Crippen molar-refractivity contribution in [3.05, 3.63) is 0 Å². The molecule has 5 heteroatoms. The van der Waals surface area contributed by atoms with Crippen molar-refractivity contribution in [3.8, 4) is 0 Å². The first-order chi connectivity index (χ1) is 9.18. The number of rotatable bonds is 6. The highest BCUT2D eigenvalue weighted by Gasteiger charge is 2.71. The third-order valence-electron chi connectivity index (χ3n) is 5.91. The minimum atomic E-state index is -1.01. The number of alkyl halides is 1. The second kappa shape index (κ2) is 5.46. The van der Waals surface area contributed by atoms with Gasteiger partial charge in [0.25, 0.3) is 0 Å². The number of unbranched alkanes of at least 4 members (excludes halogenated alkanes) is 1. The van der Waals surface area contributed by atoms with Gasteiger partial charge in [-0.1, -0.05) is 33.6 Å². The summed E-state index contributed by atoms with van der Waals surface area (Å²) in [5, 5.41) is 20.7. The van der Waals surface area contributed by atoms with E-state index in [1.807, 2.05) is 6.92 Å². The smallest absolute Gasteiger partial charge is 0.426 e. The van der Waals surface area contributed by atoms with Crippen molar-refractivity contribution < 1.29 is 14.8 Å². The first-order valence-corrected chi connectivity index (χ1v) is 8.34. The second-order valence-electron chi connectivity index (χ2n) is 7.43. The molecule has 0 heterocycles. The first-order valence-electron chi connectivity index (χ1n) is 7.90. The van der Waals surface area contributed by atoms with Crippen LogP contribution in [0.4, 0.5) is 0 Å². The summed E-state index contributed by atoms with van der Waals surface area (Å²) in [5.41, 5.74) is -1.67. The van der Waals surface area contributed by atoms with Gasteiger partial charge in [-0.25, -0.2) is 0 Å². The van der Waals surface area contributed by atoms with Crippen LogP contribution in [-0.4, -0.2) is 33.7 Å². The standard InChI is InChI=1S/C15H28BClO3/c1-5-6-7-12(17)16(19)20-15-10-11(13(15,2)3)8-9-14(15,4)18/h11-12,18-19H,5-10H2,1-4H3. The van der Waals surface area contributed by atoms with Gasteiger partial charge in [0.05, 0.1) is 16.5 Å². The monoisotopic (exact) mass is 302 g/mol. The van der Waals surface area contributed by atoms with Gasteiger partial charge in [-0.15, -0.1) is 11.6 Å². The van der Waals surface area contributed by atoms with Crippen LogP contribution >= 0.6 is 11.6 Å². The van der Waals surface area contributed by atoms with Crippen LogP contribution in [0.15, 0.2) is 0 Å². The molecule has 3 aliphatic rings. The summed E-state index contributed by atoms with van der Waals surface area (Å²) in [4.78, 5) is 0. The Bertz CT molecular complexity index is 351. The Morgan fingerprint density at radius 2 is 2.05 bits per heavy atom. The molecule has 4 unspecified atom stereocenters. The number of aliphatic hydroxyl groups is 1. The lowest BCUT2D eigenvalue weighted by atomic mass is 9.40. The number of hydrogen-bond donors (Lipinski definition) is 2. The van der Waals surface area contributed by atoms with E-state index in [1.54, 1.807) is 0 Å². The fraction of sp³-hybridized carbons (Fsp3) is 1.00. The average molecular weight is 303 g/mol. The number of halogens is 1. The Hall–Kier alpha value is 0.235. The topological polar surface area (TPSA) is 49.7 Å². The molecule has 0 amide bonds. The van der Waals surface area contributed by atoms with Crippen molar-refractivity contribution in [2.45, 2.75) is 82.7 Å². The quantitative estimate of drug-likeness (QED) is 0.585. The van der Waals surface area contributed by atoms with Crippen LogP contribution in [0.1, 0.15) is 66.2 Å².